The lowest BCUT2D eigenvalue weighted by Gasteiger charge is -2.40. The molecule has 140 valence electrons. The van der Waals surface area contributed by atoms with E-state index >= 15 is 0 Å². The lowest BCUT2D eigenvalue weighted by atomic mass is 10.1. The summed E-state index contributed by atoms with van der Waals surface area (Å²) in [7, 11) is 0. The van der Waals surface area contributed by atoms with Crippen LogP contribution >= 0.6 is 15.9 Å². The largest absolute Gasteiger partial charge is 0.492 e. The fraction of sp³-hybridized carbons (Fsp3) is 0.632. The van der Waals surface area contributed by atoms with Gasteiger partial charge in [0, 0.05) is 37.8 Å². The smallest absolute Gasteiger partial charge is 0.410 e. The Morgan fingerprint density at radius 1 is 1.32 bits per heavy atom. The van der Waals surface area contributed by atoms with Crippen LogP contribution in [0.5, 0.6) is 5.75 Å². The van der Waals surface area contributed by atoms with E-state index in [4.69, 9.17) is 9.47 Å². The minimum absolute atomic E-state index is 0.117. The lowest BCUT2D eigenvalue weighted by molar-refractivity contribution is 0.000463. The van der Waals surface area contributed by atoms with Crippen molar-refractivity contribution in [2.24, 2.45) is 0 Å². The molecule has 0 saturated carbocycles. The Kier molecular flexibility index (Phi) is 6.74. The van der Waals surface area contributed by atoms with Crippen molar-refractivity contribution in [3.05, 3.63) is 28.2 Å². The van der Waals surface area contributed by atoms with Crippen molar-refractivity contribution in [2.75, 3.05) is 26.2 Å². The Hall–Kier alpha value is -1.27. The van der Waals surface area contributed by atoms with E-state index in [2.05, 4.69) is 33.8 Å². The van der Waals surface area contributed by atoms with Gasteiger partial charge >= 0.3 is 6.09 Å². The highest BCUT2D eigenvalue weighted by Crippen LogP contribution is 2.30. The van der Waals surface area contributed by atoms with Crippen LogP contribution in [0.15, 0.2) is 22.7 Å². The summed E-state index contributed by atoms with van der Waals surface area (Å²) in [4.78, 5) is 16.5. The van der Waals surface area contributed by atoms with Gasteiger partial charge < -0.3 is 14.4 Å². The van der Waals surface area contributed by atoms with Crippen molar-refractivity contribution in [1.82, 2.24) is 9.80 Å². The Balaban J connectivity index is 2.00. The van der Waals surface area contributed by atoms with Gasteiger partial charge in [0.2, 0.25) is 0 Å². The molecule has 1 aromatic rings. The predicted molar refractivity (Wildman–Crippen MR) is 103 cm³/mol. The highest BCUT2D eigenvalue weighted by molar-refractivity contribution is 9.10. The van der Waals surface area contributed by atoms with Crippen LogP contribution in [0.25, 0.3) is 0 Å². The Labute approximate surface area is 159 Å². The molecule has 1 saturated heterocycles. The molecule has 1 aromatic carbocycles. The number of benzene rings is 1. The van der Waals surface area contributed by atoms with Crippen molar-refractivity contribution in [3.63, 3.8) is 0 Å². The number of hydrogen-bond donors (Lipinski definition) is 0. The van der Waals surface area contributed by atoms with Gasteiger partial charge in [0.25, 0.3) is 0 Å². The summed E-state index contributed by atoms with van der Waals surface area (Å²) in [6.45, 7) is 13.5. The van der Waals surface area contributed by atoms with E-state index in [1.807, 2.05) is 44.7 Å². The summed E-state index contributed by atoms with van der Waals surface area (Å²) < 4.78 is 12.3. The molecule has 0 aliphatic carbocycles. The standard InChI is InChI=1S/C19H29BrN2O3/c1-6-24-17-15(8-7-9-16(17)20)13-21-10-11-22(14(2)12-21)18(23)25-19(3,4)5/h7-9,14H,6,10-13H2,1-5H3/t14-/m1/s1. The van der Waals surface area contributed by atoms with Crippen molar-refractivity contribution in [3.8, 4) is 5.75 Å². The summed E-state index contributed by atoms with van der Waals surface area (Å²) in [6.07, 6.45) is -0.225. The molecule has 0 N–H and O–H groups in total. The minimum Gasteiger partial charge on any atom is -0.492 e. The quantitative estimate of drug-likeness (QED) is 0.739. The molecule has 0 aromatic heterocycles. The molecule has 25 heavy (non-hydrogen) atoms. The second-order valence-electron chi connectivity index (χ2n) is 7.42. The van der Waals surface area contributed by atoms with E-state index < -0.39 is 5.60 Å². The molecule has 5 nitrogen and oxygen atoms in total. The number of piperazine rings is 1. The van der Waals surface area contributed by atoms with Gasteiger partial charge in [-0.15, -0.1) is 0 Å². The zero-order chi connectivity index (χ0) is 18.6. The number of para-hydroxylation sites is 1. The van der Waals surface area contributed by atoms with Crippen LogP contribution in [-0.4, -0.2) is 53.8 Å². The third kappa shape index (κ3) is 5.61. The molecule has 1 amide bonds. The normalized spacial score (nSPS) is 19.0. The predicted octanol–water partition coefficient (Wildman–Crippen LogP) is 4.29. The highest BCUT2D eigenvalue weighted by Gasteiger charge is 2.31. The van der Waals surface area contributed by atoms with E-state index in [9.17, 15) is 4.79 Å². The Bertz CT molecular complexity index is 601. The zero-order valence-corrected chi connectivity index (χ0v) is 17.4. The van der Waals surface area contributed by atoms with Crippen molar-refractivity contribution >= 4 is 22.0 Å². The van der Waals surface area contributed by atoms with E-state index in [0.717, 1.165) is 35.4 Å². The fourth-order valence-corrected chi connectivity index (χ4v) is 3.52. The molecule has 1 aliphatic heterocycles. The number of ether oxygens (including phenoxy) is 2. The molecule has 0 spiro atoms. The van der Waals surface area contributed by atoms with Crippen LogP contribution in [0.4, 0.5) is 4.79 Å². The van der Waals surface area contributed by atoms with Gasteiger partial charge in [-0.1, -0.05) is 12.1 Å². The average molecular weight is 413 g/mol. The number of rotatable bonds is 4. The van der Waals surface area contributed by atoms with E-state index in [-0.39, 0.29) is 12.1 Å². The molecule has 0 bridgehead atoms. The van der Waals surface area contributed by atoms with Crippen molar-refractivity contribution < 1.29 is 14.3 Å². The van der Waals surface area contributed by atoms with Gasteiger partial charge in [-0.3, -0.25) is 4.90 Å². The molecule has 1 fully saturated rings. The number of carbonyl (C=O) groups excluding carboxylic acids is 1. The molecule has 1 aliphatic rings. The van der Waals surface area contributed by atoms with Crippen LogP contribution in [0.3, 0.4) is 0 Å². The molecule has 0 unspecified atom stereocenters. The van der Waals surface area contributed by atoms with E-state index in [1.165, 1.54) is 0 Å². The Morgan fingerprint density at radius 2 is 2.04 bits per heavy atom. The molecule has 2 rings (SSSR count). The number of halogens is 1. The topological polar surface area (TPSA) is 42.0 Å². The minimum atomic E-state index is -0.462. The average Bonchev–Trinajstić information content (AvgIpc) is 2.49. The maximum Gasteiger partial charge on any atom is 0.410 e. The summed E-state index contributed by atoms with van der Waals surface area (Å²) in [6, 6.07) is 6.24. The lowest BCUT2D eigenvalue weighted by Crippen LogP contribution is -2.54. The third-order valence-corrected chi connectivity index (χ3v) is 4.70. The number of carbonyl (C=O) groups is 1. The summed E-state index contributed by atoms with van der Waals surface area (Å²) in [5.41, 5.74) is 0.700. The van der Waals surface area contributed by atoms with E-state index in [1.54, 1.807) is 0 Å². The first-order valence-electron chi connectivity index (χ1n) is 8.83. The van der Waals surface area contributed by atoms with Crippen LogP contribution in [0, 0.1) is 0 Å². The number of amides is 1. The van der Waals surface area contributed by atoms with Gasteiger partial charge in [0.15, 0.2) is 0 Å². The monoisotopic (exact) mass is 412 g/mol. The molecule has 1 atom stereocenters. The SMILES string of the molecule is CCOc1c(Br)cccc1CN1CCN(C(=O)OC(C)(C)C)[C@H](C)C1. The molecule has 0 radical (unpaired) electrons. The fourth-order valence-electron chi connectivity index (χ4n) is 2.99. The van der Waals surface area contributed by atoms with Gasteiger partial charge in [0.05, 0.1) is 11.1 Å². The van der Waals surface area contributed by atoms with Crippen LogP contribution in [0.1, 0.15) is 40.2 Å². The first kappa shape index (κ1) is 20.0. The second-order valence-corrected chi connectivity index (χ2v) is 8.27. The first-order chi connectivity index (χ1) is 11.7. The van der Waals surface area contributed by atoms with Gasteiger partial charge in [0.1, 0.15) is 11.4 Å². The number of nitrogens with zero attached hydrogens (tertiary/aromatic N) is 2. The van der Waals surface area contributed by atoms with Crippen LogP contribution in [-0.2, 0) is 11.3 Å². The van der Waals surface area contributed by atoms with Crippen molar-refractivity contribution in [1.29, 1.82) is 0 Å². The molecular weight excluding hydrogens is 384 g/mol. The first-order valence-corrected chi connectivity index (χ1v) is 9.62. The van der Waals surface area contributed by atoms with E-state index in [0.29, 0.717) is 13.2 Å². The Morgan fingerprint density at radius 3 is 2.64 bits per heavy atom. The summed E-state index contributed by atoms with van der Waals surface area (Å²) in [5.74, 6) is 0.909. The van der Waals surface area contributed by atoms with Crippen LogP contribution in [0.2, 0.25) is 0 Å². The second kappa shape index (κ2) is 8.41. The highest BCUT2D eigenvalue weighted by atomic mass is 79.9. The van der Waals surface area contributed by atoms with Gasteiger partial charge in [-0.25, -0.2) is 4.79 Å². The third-order valence-electron chi connectivity index (χ3n) is 4.07. The van der Waals surface area contributed by atoms with Gasteiger partial charge in [-0.2, -0.15) is 0 Å². The zero-order valence-electron chi connectivity index (χ0n) is 15.8. The number of hydrogen-bond acceptors (Lipinski definition) is 4. The maximum atomic E-state index is 12.3. The molecule has 6 heteroatoms. The molecule has 1 heterocycles. The van der Waals surface area contributed by atoms with Crippen molar-refractivity contribution in [2.45, 2.75) is 52.8 Å². The molecular formula is C19H29BrN2O3. The summed E-state index contributed by atoms with van der Waals surface area (Å²) in [5, 5.41) is 0. The maximum absolute atomic E-state index is 12.3. The van der Waals surface area contributed by atoms with Gasteiger partial charge in [-0.05, 0) is 56.6 Å². The van der Waals surface area contributed by atoms with Crippen LogP contribution < -0.4 is 4.74 Å². The summed E-state index contributed by atoms with van der Waals surface area (Å²) >= 11 is 3.57.